The van der Waals surface area contributed by atoms with Gasteiger partial charge in [-0.05, 0) is 35.6 Å². The summed E-state index contributed by atoms with van der Waals surface area (Å²) in [5.41, 5.74) is 0.776. The molecule has 2 heterocycles. The topological polar surface area (TPSA) is 37.3 Å². The fourth-order valence-electron chi connectivity index (χ4n) is 2.02. The molecule has 0 aromatic carbocycles. The van der Waals surface area contributed by atoms with Crippen LogP contribution in [0.3, 0.4) is 0 Å². The van der Waals surface area contributed by atoms with Crippen molar-refractivity contribution in [3.8, 4) is 0 Å². The molecule has 1 fully saturated rings. The summed E-state index contributed by atoms with van der Waals surface area (Å²) >= 11 is 2.23. The molecule has 5 heteroatoms. The van der Waals surface area contributed by atoms with Gasteiger partial charge in [0.1, 0.15) is 5.69 Å². The number of hydrogen-bond acceptors (Lipinski definition) is 2. The lowest BCUT2D eigenvalue weighted by atomic mass is 10.2. The summed E-state index contributed by atoms with van der Waals surface area (Å²) in [5, 5.41) is 3.34. The van der Waals surface area contributed by atoms with Crippen LogP contribution < -0.4 is 5.32 Å². The second-order valence-corrected chi connectivity index (χ2v) is 5.51. The van der Waals surface area contributed by atoms with E-state index in [0.29, 0.717) is 6.04 Å². The van der Waals surface area contributed by atoms with E-state index < -0.39 is 0 Å². The average Bonchev–Trinajstić information content (AvgIpc) is 2.57. The van der Waals surface area contributed by atoms with Gasteiger partial charge in [0.25, 0.3) is 5.91 Å². The van der Waals surface area contributed by atoms with Crippen LogP contribution in [0.4, 0.5) is 0 Å². The van der Waals surface area contributed by atoms with E-state index in [4.69, 9.17) is 0 Å². The molecule has 2 rings (SSSR count). The lowest BCUT2D eigenvalue weighted by Crippen LogP contribution is -2.51. The van der Waals surface area contributed by atoms with Gasteiger partial charge >= 0.3 is 0 Å². The van der Waals surface area contributed by atoms with Crippen LogP contribution in [-0.2, 0) is 7.05 Å². The second-order valence-electron chi connectivity index (χ2n) is 4.26. The summed E-state index contributed by atoms with van der Waals surface area (Å²) in [7, 11) is 1.92. The standard InChI is InChI=1S/C11H16IN3O/c1-8-6-15(4-3-13-8)11(16)10-5-9(12)7-14(10)2/h5,7-8,13H,3-4,6H2,1-2H3. The van der Waals surface area contributed by atoms with Crippen LogP contribution >= 0.6 is 22.6 Å². The number of halogens is 1. The Kier molecular flexibility index (Phi) is 3.53. The van der Waals surface area contributed by atoms with Crippen molar-refractivity contribution in [2.75, 3.05) is 19.6 Å². The van der Waals surface area contributed by atoms with Crippen LogP contribution in [-0.4, -0.2) is 41.1 Å². The van der Waals surface area contributed by atoms with Crippen molar-refractivity contribution < 1.29 is 4.79 Å². The number of amides is 1. The van der Waals surface area contributed by atoms with Crippen LogP contribution in [0, 0.1) is 3.57 Å². The van der Waals surface area contributed by atoms with Gasteiger partial charge in [0, 0.05) is 42.5 Å². The zero-order valence-corrected chi connectivity index (χ0v) is 11.7. The van der Waals surface area contributed by atoms with E-state index in [0.717, 1.165) is 28.9 Å². The lowest BCUT2D eigenvalue weighted by Gasteiger charge is -2.31. The number of carbonyl (C=O) groups is 1. The van der Waals surface area contributed by atoms with Crippen molar-refractivity contribution in [3.63, 3.8) is 0 Å². The second kappa shape index (κ2) is 4.75. The summed E-state index contributed by atoms with van der Waals surface area (Å²) in [6.45, 7) is 4.58. The van der Waals surface area contributed by atoms with Crippen molar-refractivity contribution in [1.29, 1.82) is 0 Å². The molecule has 0 aliphatic carbocycles. The quantitative estimate of drug-likeness (QED) is 0.781. The van der Waals surface area contributed by atoms with E-state index in [-0.39, 0.29) is 5.91 Å². The molecule has 0 spiro atoms. The van der Waals surface area contributed by atoms with Crippen molar-refractivity contribution >= 4 is 28.5 Å². The van der Waals surface area contributed by atoms with Crippen LogP contribution in [0.2, 0.25) is 0 Å². The molecule has 0 radical (unpaired) electrons. The van der Waals surface area contributed by atoms with Gasteiger partial charge < -0.3 is 14.8 Å². The van der Waals surface area contributed by atoms with Crippen molar-refractivity contribution in [3.05, 3.63) is 21.5 Å². The van der Waals surface area contributed by atoms with E-state index >= 15 is 0 Å². The Bertz CT molecular complexity index is 402. The van der Waals surface area contributed by atoms with Gasteiger partial charge in [0.15, 0.2) is 0 Å². The molecule has 1 saturated heterocycles. The minimum absolute atomic E-state index is 0.138. The largest absolute Gasteiger partial charge is 0.346 e. The lowest BCUT2D eigenvalue weighted by molar-refractivity contribution is 0.0699. The first-order chi connectivity index (χ1) is 7.58. The molecule has 88 valence electrons. The highest BCUT2D eigenvalue weighted by Gasteiger charge is 2.23. The maximum absolute atomic E-state index is 12.3. The Morgan fingerprint density at radius 1 is 1.62 bits per heavy atom. The van der Waals surface area contributed by atoms with Gasteiger partial charge in [-0.2, -0.15) is 0 Å². The maximum atomic E-state index is 12.3. The first kappa shape index (κ1) is 11.9. The molecule has 0 saturated carbocycles. The predicted octanol–water partition coefficient (Wildman–Crippen LogP) is 1.06. The van der Waals surface area contributed by atoms with Crippen LogP contribution in [0.25, 0.3) is 0 Å². The van der Waals surface area contributed by atoms with E-state index in [9.17, 15) is 4.79 Å². The number of nitrogens with zero attached hydrogens (tertiary/aromatic N) is 2. The molecule has 4 nitrogen and oxygen atoms in total. The molecule has 1 atom stereocenters. The van der Waals surface area contributed by atoms with E-state index in [1.807, 2.05) is 28.8 Å². The molecule has 1 unspecified atom stereocenters. The summed E-state index contributed by atoms with van der Waals surface area (Å²) in [6, 6.07) is 2.33. The van der Waals surface area contributed by atoms with E-state index in [1.54, 1.807) is 0 Å². The monoisotopic (exact) mass is 333 g/mol. The number of aromatic nitrogens is 1. The number of nitrogens with one attached hydrogen (secondary N) is 1. The van der Waals surface area contributed by atoms with Gasteiger partial charge in [-0.1, -0.05) is 0 Å². The fraction of sp³-hybridized carbons (Fsp3) is 0.545. The third kappa shape index (κ3) is 2.40. The molecule has 0 bridgehead atoms. The summed E-state index contributed by atoms with van der Waals surface area (Å²) in [6.07, 6.45) is 1.97. The van der Waals surface area contributed by atoms with Crippen LogP contribution in [0.5, 0.6) is 0 Å². The Morgan fingerprint density at radius 3 is 2.94 bits per heavy atom. The third-order valence-electron chi connectivity index (χ3n) is 2.85. The Labute approximate surface area is 109 Å². The zero-order valence-electron chi connectivity index (χ0n) is 9.53. The van der Waals surface area contributed by atoms with Crippen LogP contribution in [0.15, 0.2) is 12.3 Å². The smallest absolute Gasteiger partial charge is 0.270 e. The molecule has 1 aliphatic heterocycles. The molecule has 1 amide bonds. The Morgan fingerprint density at radius 2 is 2.38 bits per heavy atom. The zero-order chi connectivity index (χ0) is 11.7. The molecule has 1 aliphatic rings. The maximum Gasteiger partial charge on any atom is 0.270 e. The minimum atomic E-state index is 0.138. The Hall–Kier alpha value is -0.560. The Balaban J connectivity index is 2.15. The van der Waals surface area contributed by atoms with Crippen molar-refractivity contribution in [2.24, 2.45) is 7.05 Å². The number of aryl methyl sites for hydroxylation is 1. The highest BCUT2D eigenvalue weighted by Crippen LogP contribution is 2.13. The summed E-state index contributed by atoms with van der Waals surface area (Å²) in [4.78, 5) is 14.2. The molecular weight excluding hydrogens is 317 g/mol. The first-order valence-electron chi connectivity index (χ1n) is 5.42. The molecular formula is C11H16IN3O. The molecule has 1 aromatic heterocycles. The normalized spacial score (nSPS) is 21.2. The summed E-state index contributed by atoms with van der Waals surface area (Å²) < 4.78 is 3.00. The van der Waals surface area contributed by atoms with Crippen molar-refractivity contribution in [1.82, 2.24) is 14.8 Å². The number of piperazine rings is 1. The van der Waals surface area contributed by atoms with E-state index in [2.05, 4.69) is 34.8 Å². The fourth-order valence-corrected chi connectivity index (χ4v) is 2.73. The van der Waals surface area contributed by atoms with Crippen LogP contribution in [0.1, 0.15) is 17.4 Å². The van der Waals surface area contributed by atoms with Gasteiger partial charge in [-0.25, -0.2) is 0 Å². The predicted molar refractivity (Wildman–Crippen MR) is 71.5 cm³/mol. The van der Waals surface area contributed by atoms with Gasteiger partial charge in [-0.15, -0.1) is 0 Å². The van der Waals surface area contributed by atoms with Gasteiger partial charge in [0.2, 0.25) is 0 Å². The highest BCUT2D eigenvalue weighted by atomic mass is 127. The van der Waals surface area contributed by atoms with Gasteiger partial charge in [0.05, 0.1) is 0 Å². The van der Waals surface area contributed by atoms with E-state index in [1.165, 1.54) is 0 Å². The number of carbonyl (C=O) groups excluding carboxylic acids is 1. The third-order valence-corrected chi connectivity index (χ3v) is 3.44. The van der Waals surface area contributed by atoms with Gasteiger partial charge in [-0.3, -0.25) is 4.79 Å². The molecule has 1 N–H and O–H groups in total. The summed E-state index contributed by atoms with van der Waals surface area (Å²) in [5.74, 6) is 0.138. The molecule has 1 aromatic rings. The minimum Gasteiger partial charge on any atom is -0.346 e. The number of rotatable bonds is 1. The number of hydrogen-bond donors (Lipinski definition) is 1. The SMILES string of the molecule is CC1CN(C(=O)c2cc(I)cn2C)CCN1. The first-order valence-corrected chi connectivity index (χ1v) is 6.50. The highest BCUT2D eigenvalue weighted by molar-refractivity contribution is 14.1. The van der Waals surface area contributed by atoms with Crippen molar-refractivity contribution in [2.45, 2.75) is 13.0 Å². The molecule has 16 heavy (non-hydrogen) atoms. The average molecular weight is 333 g/mol.